The normalized spacial score (nSPS) is 9.91. The summed E-state index contributed by atoms with van der Waals surface area (Å²) < 4.78 is 29.7. The van der Waals surface area contributed by atoms with Gasteiger partial charge in [0, 0.05) is 0 Å². The van der Waals surface area contributed by atoms with Crippen LogP contribution in [0.25, 0.3) is 0 Å². The summed E-state index contributed by atoms with van der Waals surface area (Å²) in [5.41, 5.74) is 0. The molecule has 0 fully saturated rings. The lowest BCUT2D eigenvalue weighted by molar-refractivity contribution is -0.107. The number of carbonyl (C=O) groups excluding carboxylic acids is 1. The molecule has 0 aromatic heterocycles. The quantitative estimate of drug-likeness (QED) is 0.519. The van der Waals surface area contributed by atoms with Crippen LogP contribution in [0, 0.1) is 0 Å². The van der Waals surface area contributed by atoms with Gasteiger partial charge in [-0.1, -0.05) is 18.3 Å². The van der Waals surface area contributed by atoms with E-state index in [4.69, 9.17) is 0 Å². The van der Waals surface area contributed by atoms with Crippen molar-refractivity contribution in [3.05, 3.63) is 12.7 Å². The number of carbonyl (C=O) groups is 1. The van der Waals surface area contributed by atoms with E-state index in [2.05, 4.69) is 6.58 Å². The van der Waals surface area contributed by atoms with Crippen LogP contribution < -0.4 is 6.15 Å². The molecule has 0 rings (SSSR count). The van der Waals surface area contributed by atoms with E-state index in [1.54, 1.807) is 0 Å². The zero-order valence-electron chi connectivity index (χ0n) is 5.94. The minimum Gasteiger partial charge on any atom is -0.747 e. The lowest BCUT2D eigenvalue weighted by Gasteiger charge is -2.02. The SMILES string of the molecule is C=CC(=O)SCS(=O)(=O)[O-].[NH4+]. The first-order valence-corrected chi connectivity index (χ1v) is 4.75. The number of hydrogen-bond donors (Lipinski definition) is 1. The Labute approximate surface area is 69.2 Å². The van der Waals surface area contributed by atoms with E-state index in [-0.39, 0.29) is 6.15 Å². The van der Waals surface area contributed by atoms with Gasteiger partial charge in [0.15, 0.2) is 0 Å². The molecule has 0 aliphatic heterocycles. The molecular weight excluding hydrogens is 190 g/mol. The molecule has 4 N–H and O–H groups in total. The van der Waals surface area contributed by atoms with Crippen molar-refractivity contribution in [3.8, 4) is 0 Å². The number of thioether (sulfide) groups is 1. The minimum atomic E-state index is -4.28. The molecular formula is C4H9NO4S2. The summed E-state index contributed by atoms with van der Waals surface area (Å²) >= 11 is 0.426. The Morgan fingerprint density at radius 2 is 2.09 bits per heavy atom. The van der Waals surface area contributed by atoms with Gasteiger partial charge in [-0.3, -0.25) is 4.79 Å². The van der Waals surface area contributed by atoms with E-state index < -0.39 is 20.3 Å². The molecule has 0 unspecified atom stereocenters. The molecule has 0 bridgehead atoms. The largest absolute Gasteiger partial charge is 0.747 e. The summed E-state index contributed by atoms with van der Waals surface area (Å²) in [6, 6.07) is 0. The monoisotopic (exact) mass is 199 g/mol. The molecule has 0 aromatic rings. The van der Waals surface area contributed by atoms with Crippen LogP contribution in [0.3, 0.4) is 0 Å². The highest BCUT2D eigenvalue weighted by molar-refractivity contribution is 8.21. The van der Waals surface area contributed by atoms with Gasteiger partial charge in [0.2, 0.25) is 5.12 Å². The van der Waals surface area contributed by atoms with Crippen molar-refractivity contribution in [3.63, 3.8) is 0 Å². The van der Waals surface area contributed by atoms with Gasteiger partial charge in [0.05, 0.1) is 5.08 Å². The molecule has 0 aliphatic carbocycles. The van der Waals surface area contributed by atoms with Gasteiger partial charge >= 0.3 is 0 Å². The Bertz CT molecular complexity index is 232. The third-order valence-corrected chi connectivity index (χ3v) is 2.59. The summed E-state index contributed by atoms with van der Waals surface area (Å²) in [6.07, 6.45) is 0.954. The fourth-order valence-corrected chi connectivity index (χ4v) is 1.35. The molecule has 0 atom stereocenters. The summed E-state index contributed by atoms with van der Waals surface area (Å²) in [4.78, 5) is 10.3. The molecule has 0 aromatic carbocycles. The van der Waals surface area contributed by atoms with Crippen LogP contribution in [-0.4, -0.2) is 23.2 Å². The molecule has 11 heavy (non-hydrogen) atoms. The number of hydrogen-bond acceptors (Lipinski definition) is 5. The molecule has 5 nitrogen and oxygen atoms in total. The third kappa shape index (κ3) is 9.63. The lowest BCUT2D eigenvalue weighted by Crippen LogP contribution is -2.02. The minimum absolute atomic E-state index is 0. The second-order valence-electron chi connectivity index (χ2n) is 1.34. The smallest absolute Gasteiger partial charge is 0.212 e. The van der Waals surface area contributed by atoms with Gasteiger partial charge in [-0.2, -0.15) is 0 Å². The molecule has 0 amide bonds. The highest BCUT2D eigenvalue weighted by Gasteiger charge is 1.99. The first-order chi connectivity index (χ1) is 4.45. The Morgan fingerprint density at radius 1 is 1.64 bits per heavy atom. The number of quaternary nitrogens is 1. The van der Waals surface area contributed by atoms with Crippen molar-refractivity contribution in [2.45, 2.75) is 0 Å². The summed E-state index contributed by atoms with van der Waals surface area (Å²) in [5.74, 6) is 0. The van der Waals surface area contributed by atoms with Crippen molar-refractivity contribution in [2.24, 2.45) is 0 Å². The second-order valence-corrected chi connectivity index (χ2v) is 4.09. The van der Waals surface area contributed by atoms with Gasteiger partial charge in [0.25, 0.3) is 0 Å². The predicted molar refractivity (Wildman–Crippen MR) is 43.3 cm³/mol. The fourth-order valence-electron chi connectivity index (χ4n) is 0.189. The lowest BCUT2D eigenvalue weighted by atomic mass is 10.7. The van der Waals surface area contributed by atoms with Crippen molar-refractivity contribution in [1.29, 1.82) is 0 Å². The van der Waals surface area contributed by atoms with Gasteiger partial charge in [-0.05, 0) is 6.08 Å². The highest BCUT2D eigenvalue weighted by Crippen LogP contribution is 2.04. The van der Waals surface area contributed by atoms with Gasteiger partial charge in [0.1, 0.15) is 10.1 Å². The predicted octanol–water partition coefficient (Wildman–Crippen LogP) is 0.311. The Kier molecular flexibility index (Phi) is 6.38. The average Bonchev–Trinajstić information content (AvgIpc) is 1.81. The summed E-state index contributed by atoms with van der Waals surface area (Å²) in [6.45, 7) is 3.09. The van der Waals surface area contributed by atoms with Gasteiger partial charge in [-0.15, -0.1) is 0 Å². The molecule has 0 aliphatic rings. The van der Waals surface area contributed by atoms with E-state index in [9.17, 15) is 17.8 Å². The maximum Gasteiger partial charge on any atom is 0.212 e. The maximum absolute atomic E-state index is 10.3. The molecule has 0 saturated carbocycles. The van der Waals surface area contributed by atoms with E-state index >= 15 is 0 Å². The Hall–Kier alpha value is -0.370. The molecule has 0 spiro atoms. The second kappa shape index (κ2) is 5.30. The Morgan fingerprint density at radius 3 is 2.36 bits per heavy atom. The van der Waals surface area contributed by atoms with E-state index in [0.717, 1.165) is 6.08 Å². The standard InChI is InChI=1S/C4H6O4S2.H3N/c1-2-4(5)9-3-10(6,7)8;/h2H,1,3H2,(H,6,7,8);1H3. The molecule has 0 heterocycles. The summed E-state index contributed by atoms with van der Waals surface area (Å²) in [5, 5.41) is -1.24. The first kappa shape index (κ1) is 13.2. The van der Waals surface area contributed by atoms with Crippen LogP contribution >= 0.6 is 11.8 Å². The van der Waals surface area contributed by atoms with E-state index in [1.807, 2.05) is 0 Å². The van der Waals surface area contributed by atoms with Gasteiger partial charge < -0.3 is 10.7 Å². The molecule has 0 saturated heterocycles. The maximum atomic E-state index is 10.3. The molecule has 66 valence electrons. The van der Waals surface area contributed by atoms with Crippen LogP contribution in [0.4, 0.5) is 0 Å². The van der Waals surface area contributed by atoms with Crippen LogP contribution in [0.5, 0.6) is 0 Å². The topological polar surface area (TPSA) is 111 Å². The third-order valence-electron chi connectivity index (χ3n) is 0.512. The van der Waals surface area contributed by atoms with E-state index in [0.29, 0.717) is 11.8 Å². The first-order valence-electron chi connectivity index (χ1n) is 2.18. The van der Waals surface area contributed by atoms with Crippen molar-refractivity contribution in [1.82, 2.24) is 6.15 Å². The molecule has 0 radical (unpaired) electrons. The van der Waals surface area contributed by atoms with Crippen LogP contribution in [0.1, 0.15) is 0 Å². The van der Waals surface area contributed by atoms with Crippen molar-refractivity contribution < 1.29 is 17.8 Å². The van der Waals surface area contributed by atoms with Crippen LogP contribution in [-0.2, 0) is 14.9 Å². The van der Waals surface area contributed by atoms with Crippen LogP contribution in [0.15, 0.2) is 12.7 Å². The average molecular weight is 199 g/mol. The highest BCUT2D eigenvalue weighted by atomic mass is 32.3. The van der Waals surface area contributed by atoms with E-state index in [1.165, 1.54) is 0 Å². The molecule has 7 heteroatoms. The number of rotatable bonds is 3. The zero-order valence-corrected chi connectivity index (χ0v) is 7.57. The van der Waals surface area contributed by atoms with Crippen LogP contribution in [0.2, 0.25) is 0 Å². The van der Waals surface area contributed by atoms with Crippen molar-refractivity contribution in [2.75, 3.05) is 5.08 Å². The summed E-state index contributed by atoms with van der Waals surface area (Å²) in [7, 11) is -4.28. The van der Waals surface area contributed by atoms with Gasteiger partial charge in [-0.25, -0.2) is 8.42 Å². The van der Waals surface area contributed by atoms with Crippen molar-refractivity contribution >= 4 is 27.0 Å². The zero-order chi connectivity index (χ0) is 8.20. The Balaban J connectivity index is 0. The fraction of sp³-hybridized carbons (Fsp3) is 0.250.